The predicted molar refractivity (Wildman–Crippen MR) is 228 cm³/mol. The van der Waals surface area contributed by atoms with E-state index in [1.165, 1.54) is 199 Å². The fraction of sp³-hybridized carbons (Fsp3) is 0.917. The van der Waals surface area contributed by atoms with E-state index in [4.69, 9.17) is 9.47 Å². The van der Waals surface area contributed by atoms with Crippen molar-refractivity contribution in [1.29, 1.82) is 0 Å². The molecule has 0 aromatic rings. The van der Waals surface area contributed by atoms with Crippen LogP contribution in [0.1, 0.15) is 264 Å². The molecule has 0 aromatic carbocycles. The maximum atomic E-state index is 12.2. The second kappa shape index (κ2) is 45.0. The molecule has 53 heavy (non-hydrogen) atoms. The molecule has 1 atom stereocenters. The Hall–Kier alpha value is -1.36. The molecule has 0 spiro atoms. The second-order valence-electron chi connectivity index (χ2n) is 16.2. The number of aliphatic hydroxyl groups excluding tert-OH is 1. The topological polar surface area (TPSA) is 72.8 Å². The summed E-state index contributed by atoms with van der Waals surface area (Å²) in [6.45, 7) is 4.16. The van der Waals surface area contributed by atoms with Crippen molar-refractivity contribution in [3.05, 3.63) is 12.2 Å². The average molecular weight is 749 g/mol. The van der Waals surface area contributed by atoms with Crippen molar-refractivity contribution >= 4 is 11.9 Å². The Morgan fingerprint density at radius 3 is 1.08 bits per heavy atom. The van der Waals surface area contributed by atoms with Crippen molar-refractivity contribution in [3.63, 3.8) is 0 Å². The van der Waals surface area contributed by atoms with E-state index in [-0.39, 0.29) is 25.2 Å². The Labute approximate surface area is 331 Å². The Morgan fingerprint density at radius 1 is 0.415 bits per heavy atom. The van der Waals surface area contributed by atoms with Crippen LogP contribution in [-0.4, -0.2) is 36.4 Å². The van der Waals surface area contributed by atoms with Crippen LogP contribution in [-0.2, 0) is 19.1 Å². The minimum Gasteiger partial charge on any atom is -0.462 e. The molecule has 1 N–H and O–H groups in total. The van der Waals surface area contributed by atoms with Crippen LogP contribution in [0.15, 0.2) is 12.2 Å². The molecule has 0 amide bonds. The largest absolute Gasteiger partial charge is 0.462 e. The van der Waals surface area contributed by atoms with Gasteiger partial charge in [-0.1, -0.05) is 231 Å². The summed E-state index contributed by atoms with van der Waals surface area (Å²) in [5.74, 6) is -0.611. The fourth-order valence-electron chi connectivity index (χ4n) is 7.21. The minimum atomic E-state index is -0.780. The zero-order valence-electron chi connectivity index (χ0n) is 35.8. The molecule has 0 unspecified atom stereocenters. The number of carbonyl (C=O) groups excluding carboxylic acids is 2. The van der Waals surface area contributed by atoms with Crippen LogP contribution in [0.3, 0.4) is 0 Å². The van der Waals surface area contributed by atoms with Gasteiger partial charge in [-0.3, -0.25) is 9.59 Å². The number of allylic oxidation sites excluding steroid dienone is 2. The van der Waals surface area contributed by atoms with Gasteiger partial charge in [0.2, 0.25) is 0 Å². The number of ether oxygens (including phenoxy) is 2. The van der Waals surface area contributed by atoms with Gasteiger partial charge in [-0.05, 0) is 32.1 Å². The molecule has 0 aromatic heterocycles. The van der Waals surface area contributed by atoms with E-state index in [2.05, 4.69) is 26.0 Å². The normalized spacial score (nSPS) is 12.1. The number of unbranched alkanes of at least 4 members (excludes halogenated alkanes) is 34. The highest BCUT2D eigenvalue weighted by Gasteiger charge is 2.16. The smallest absolute Gasteiger partial charge is 0.306 e. The SMILES string of the molecule is CCCCCCCCCCCCCCCCCCCC/C=C/CCCC(=O)O[C@@H](CO)COC(=O)CCCCCCCCCCCCCCCCCC. The molecule has 0 rings (SSSR count). The van der Waals surface area contributed by atoms with E-state index in [9.17, 15) is 14.7 Å². The summed E-state index contributed by atoms with van der Waals surface area (Å²) in [4.78, 5) is 24.3. The molecule has 0 fully saturated rings. The fourth-order valence-corrected chi connectivity index (χ4v) is 7.21. The first kappa shape index (κ1) is 51.6. The highest BCUT2D eigenvalue weighted by Crippen LogP contribution is 2.16. The molecule has 0 aliphatic heterocycles. The molecule has 5 nitrogen and oxygen atoms in total. The van der Waals surface area contributed by atoms with Gasteiger partial charge < -0.3 is 14.6 Å². The number of aliphatic hydroxyl groups is 1. The van der Waals surface area contributed by atoms with Crippen LogP contribution in [0.4, 0.5) is 0 Å². The van der Waals surface area contributed by atoms with Crippen molar-refractivity contribution in [2.75, 3.05) is 13.2 Å². The highest BCUT2D eigenvalue weighted by molar-refractivity contribution is 5.70. The summed E-state index contributed by atoms with van der Waals surface area (Å²) < 4.78 is 10.6. The van der Waals surface area contributed by atoms with E-state index in [0.717, 1.165) is 38.5 Å². The van der Waals surface area contributed by atoms with E-state index < -0.39 is 6.10 Å². The Kier molecular flexibility index (Phi) is 43.9. The molecule has 0 heterocycles. The van der Waals surface area contributed by atoms with Gasteiger partial charge in [0, 0.05) is 12.8 Å². The van der Waals surface area contributed by atoms with Crippen LogP contribution < -0.4 is 0 Å². The average Bonchev–Trinajstić information content (AvgIpc) is 3.16. The van der Waals surface area contributed by atoms with Crippen LogP contribution in [0.25, 0.3) is 0 Å². The van der Waals surface area contributed by atoms with Gasteiger partial charge in [0.25, 0.3) is 0 Å². The third-order valence-corrected chi connectivity index (χ3v) is 10.8. The Balaban J connectivity index is 3.48. The van der Waals surface area contributed by atoms with Crippen LogP contribution in [0.5, 0.6) is 0 Å². The first-order chi connectivity index (χ1) is 26.1. The molecule has 5 heteroatoms. The van der Waals surface area contributed by atoms with Crippen molar-refractivity contribution < 1.29 is 24.2 Å². The highest BCUT2D eigenvalue weighted by atomic mass is 16.6. The number of esters is 2. The summed E-state index contributed by atoms with van der Waals surface area (Å²) in [6.07, 6.45) is 53.1. The van der Waals surface area contributed by atoms with Gasteiger partial charge in [-0.15, -0.1) is 0 Å². The Bertz CT molecular complexity index is 765. The van der Waals surface area contributed by atoms with Gasteiger partial charge in [0.05, 0.1) is 6.61 Å². The van der Waals surface area contributed by atoms with E-state index in [1.807, 2.05) is 0 Å². The lowest BCUT2D eigenvalue weighted by Gasteiger charge is -2.15. The third kappa shape index (κ3) is 43.2. The van der Waals surface area contributed by atoms with Gasteiger partial charge in [-0.25, -0.2) is 0 Å². The minimum absolute atomic E-state index is 0.0702. The third-order valence-electron chi connectivity index (χ3n) is 10.8. The van der Waals surface area contributed by atoms with Gasteiger partial charge in [-0.2, -0.15) is 0 Å². The molecule has 0 saturated heterocycles. The van der Waals surface area contributed by atoms with Gasteiger partial charge >= 0.3 is 11.9 Å². The lowest BCUT2D eigenvalue weighted by atomic mass is 10.0. The van der Waals surface area contributed by atoms with Crippen molar-refractivity contribution in [2.24, 2.45) is 0 Å². The van der Waals surface area contributed by atoms with Crippen molar-refractivity contribution in [2.45, 2.75) is 270 Å². The van der Waals surface area contributed by atoms with Crippen LogP contribution in [0, 0.1) is 0 Å². The molecule has 0 aliphatic carbocycles. The summed E-state index contributed by atoms with van der Waals surface area (Å²) >= 11 is 0. The number of carbonyl (C=O) groups is 2. The first-order valence-corrected chi connectivity index (χ1v) is 23.7. The molecule has 0 aliphatic rings. The molecule has 0 radical (unpaired) electrons. The molecule has 314 valence electrons. The number of hydrogen-bond donors (Lipinski definition) is 1. The lowest BCUT2D eigenvalue weighted by Crippen LogP contribution is -2.28. The second-order valence-corrected chi connectivity index (χ2v) is 16.2. The van der Waals surface area contributed by atoms with E-state index in [0.29, 0.717) is 12.8 Å². The van der Waals surface area contributed by atoms with Gasteiger partial charge in [0.15, 0.2) is 6.10 Å². The maximum Gasteiger partial charge on any atom is 0.306 e. The van der Waals surface area contributed by atoms with Crippen molar-refractivity contribution in [3.8, 4) is 0 Å². The molecular formula is C48H92O5. The van der Waals surface area contributed by atoms with Crippen LogP contribution >= 0.6 is 0 Å². The van der Waals surface area contributed by atoms with E-state index in [1.54, 1.807) is 0 Å². The van der Waals surface area contributed by atoms with E-state index >= 15 is 0 Å². The quantitative estimate of drug-likeness (QED) is 0.0381. The maximum absolute atomic E-state index is 12.2. The first-order valence-electron chi connectivity index (χ1n) is 23.7. The number of rotatable bonds is 44. The number of hydrogen-bond acceptors (Lipinski definition) is 5. The summed E-state index contributed by atoms with van der Waals surface area (Å²) in [6, 6.07) is 0. The summed E-state index contributed by atoms with van der Waals surface area (Å²) in [5.41, 5.74) is 0. The standard InChI is InChI=1S/C48H92O5/c1-3-5-7-9-11-13-15-17-19-21-22-23-24-25-26-27-29-31-33-35-37-39-41-43-48(51)53-46(44-49)45-52-47(50)42-40-38-36-34-32-30-28-20-18-16-14-12-10-8-6-4-2/h35,37,46,49H,3-34,36,38-45H2,1-2H3/b37-35+/t46-/m0/s1. The summed E-state index contributed by atoms with van der Waals surface area (Å²) in [5, 5.41) is 9.59. The summed E-state index contributed by atoms with van der Waals surface area (Å²) in [7, 11) is 0. The van der Waals surface area contributed by atoms with Crippen molar-refractivity contribution in [1.82, 2.24) is 0 Å². The molecule has 0 saturated carbocycles. The van der Waals surface area contributed by atoms with Gasteiger partial charge in [0.1, 0.15) is 6.61 Å². The monoisotopic (exact) mass is 749 g/mol. The molecule has 0 bridgehead atoms. The lowest BCUT2D eigenvalue weighted by molar-refractivity contribution is -0.161. The molecular weight excluding hydrogens is 657 g/mol. The zero-order valence-corrected chi connectivity index (χ0v) is 35.8. The Morgan fingerprint density at radius 2 is 0.717 bits per heavy atom. The zero-order chi connectivity index (χ0) is 38.6. The van der Waals surface area contributed by atoms with Crippen LogP contribution in [0.2, 0.25) is 0 Å². The predicted octanol–water partition coefficient (Wildman–Crippen LogP) is 15.2.